The van der Waals surface area contributed by atoms with Gasteiger partial charge < -0.3 is 20.1 Å². The van der Waals surface area contributed by atoms with Gasteiger partial charge in [0.2, 0.25) is 0 Å². The summed E-state index contributed by atoms with van der Waals surface area (Å²) in [4.78, 5) is 24.8. The van der Waals surface area contributed by atoms with Crippen molar-refractivity contribution in [2.75, 3.05) is 19.0 Å². The van der Waals surface area contributed by atoms with Crippen LogP contribution in [0.1, 0.15) is 44.6 Å². The van der Waals surface area contributed by atoms with E-state index in [2.05, 4.69) is 16.6 Å². The molecular weight excluding hydrogens is 368 g/mol. The fraction of sp³-hybridized carbons (Fsp3) is 0.391. The molecule has 152 valence electrons. The maximum absolute atomic E-state index is 12.4. The fourth-order valence-electron chi connectivity index (χ4n) is 3.63. The maximum Gasteiger partial charge on any atom is 0.313 e. The number of benzene rings is 1. The van der Waals surface area contributed by atoms with Crippen molar-refractivity contribution in [2.45, 2.75) is 44.6 Å². The first-order chi connectivity index (χ1) is 14.0. The van der Waals surface area contributed by atoms with Crippen LogP contribution in [-0.4, -0.2) is 31.1 Å². The van der Waals surface area contributed by atoms with Crippen LogP contribution in [0.5, 0.6) is 5.75 Å². The highest BCUT2D eigenvalue weighted by Gasteiger charge is 2.33. The number of carbonyl (C=O) groups excluding carboxylic acids is 2. The number of hydrogen-bond acceptors (Lipinski definition) is 4. The standard InChI is InChI=1S/C23H26N2O4/c1-4-23(12-6-5-7-13-23)25-22(27)21(26)24-18-10-11-19(20(14-18)28-3)17-9-8-16(2)29-15-17/h1,8-11,14H,5-7,12-13,15H2,2-3H3,(H,24,26)(H,25,27). The summed E-state index contributed by atoms with van der Waals surface area (Å²) in [7, 11) is 1.56. The van der Waals surface area contributed by atoms with Crippen LogP contribution in [0.4, 0.5) is 5.69 Å². The van der Waals surface area contributed by atoms with Crippen molar-refractivity contribution < 1.29 is 19.1 Å². The monoisotopic (exact) mass is 394 g/mol. The molecule has 0 spiro atoms. The maximum atomic E-state index is 12.4. The number of ether oxygens (including phenoxy) is 2. The lowest BCUT2D eigenvalue weighted by atomic mass is 9.82. The molecule has 0 bridgehead atoms. The molecule has 29 heavy (non-hydrogen) atoms. The Morgan fingerprint density at radius 3 is 2.55 bits per heavy atom. The quantitative estimate of drug-likeness (QED) is 0.606. The van der Waals surface area contributed by atoms with Gasteiger partial charge in [0.1, 0.15) is 17.9 Å². The van der Waals surface area contributed by atoms with Crippen LogP contribution in [-0.2, 0) is 14.3 Å². The molecule has 0 aromatic heterocycles. The normalized spacial score (nSPS) is 17.7. The van der Waals surface area contributed by atoms with Crippen molar-refractivity contribution in [3.63, 3.8) is 0 Å². The van der Waals surface area contributed by atoms with E-state index in [4.69, 9.17) is 15.9 Å². The Labute approximate surface area is 171 Å². The van der Waals surface area contributed by atoms with Gasteiger partial charge in [-0.25, -0.2) is 0 Å². The van der Waals surface area contributed by atoms with E-state index in [1.54, 1.807) is 19.2 Å². The zero-order chi connectivity index (χ0) is 20.9. The van der Waals surface area contributed by atoms with Crippen LogP contribution in [0.15, 0.2) is 36.1 Å². The van der Waals surface area contributed by atoms with Crippen molar-refractivity contribution in [3.8, 4) is 18.1 Å². The van der Waals surface area contributed by atoms with Gasteiger partial charge in [-0.15, -0.1) is 6.42 Å². The molecule has 1 aromatic rings. The lowest BCUT2D eigenvalue weighted by Gasteiger charge is -2.33. The highest BCUT2D eigenvalue weighted by atomic mass is 16.5. The van der Waals surface area contributed by atoms with E-state index in [0.717, 1.165) is 36.2 Å². The largest absolute Gasteiger partial charge is 0.496 e. The lowest BCUT2D eigenvalue weighted by Crippen LogP contribution is -2.52. The second kappa shape index (κ2) is 8.87. The topological polar surface area (TPSA) is 76.7 Å². The minimum atomic E-state index is -0.751. The summed E-state index contributed by atoms with van der Waals surface area (Å²) in [5.41, 5.74) is 1.57. The summed E-state index contributed by atoms with van der Waals surface area (Å²) in [5.74, 6) is 2.64. The van der Waals surface area contributed by atoms with Gasteiger partial charge in [-0.05, 0) is 38.0 Å². The van der Waals surface area contributed by atoms with E-state index in [1.165, 1.54) is 0 Å². The Bertz CT molecular complexity index is 902. The zero-order valence-corrected chi connectivity index (χ0v) is 16.8. The van der Waals surface area contributed by atoms with Crippen LogP contribution in [0.25, 0.3) is 5.57 Å². The molecule has 3 rings (SSSR count). The molecule has 0 radical (unpaired) electrons. The Balaban J connectivity index is 1.70. The number of terminal acetylenes is 1. The summed E-state index contributed by atoms with van der Waals surface area (Å²) in [6.45, 7) is 2.34. The molecule has 1 aliphatic carbocycles. The molecule has 2 amide bonds. The Morgan fingerprint density at radius 2 is 1.93 bits per heavy atom. The van der Waals surface area contributed by atoms with Crippen LogP contribution in [0.2, 0.25) is 0 Å². The molecule has 1 fully saturated rings. The molecule has 6 heteroatoms. The van der Waals surface area contributed by atoms with E-state index in [1.807, 2.05) is 25.1 Å². The summed E-state index contributed by atoms with van der Waals surface area (Å²) < 4.78 is 11.0. The van der Waals surface area contributed by atoms with E-state index >= 15 is 0 Å². The third-order valence-electron chi connectivity index (χ3n) is 5.32. The van der Waals surface area contributed by atoms with Gasteiger partial charge >= 0.3 is 11.8 Å². The van der Waals surface area contributed by atoms with Gasteiger partial charge in [0.05, 0.1) is 12.9 Å². The smallest absolute Gasteiger partial charge is 0.313 e. The number of methoxy groups -OCH3 is 1. The number of anilines is 1. The van der Waals surface area contributed by atoms with Crippen LogP contribution in [0, 0.1) is 12.3 Å². The van der Waals surface area contributed by atoms with Crippen molar-refractivity contribution in [1.82, 2.24) is 5.32 Å². The summed E-state index contributed by atoms with van der Waals surface area (Å²) >= 11 is 0. The molecule has 2 N–H and O–H groups in total. The van der Waals surface area contributed by atoms with Crippen molar-refractivity contribution in [3.05, 3.63) is 41.7 Å². The molecule has 1 aliphatic heterocycles. The third kappa shape index (κ3) is 4.80. The number of carbonyl (C=O) groups is 2. The Kier molecular flexibility index (Phi) is 6.28. The van der Waals surface area contributed by atoms with Gasteiger partial charge in [0.25, 0.3) is 0 Å². The third-order valence-corrected chi connectivity index (χ3v) is 5.32. The fourth-order valence-corrected chi connectivity index (χ4v) is 3.63. The van der Waals surface area contributed by atoms with E-state index in [9.17, 15) is 9.59 Å². The molecule has 1 aromatic carbocycles. The first kappa shape index (κ1) is 20.5. The molecule has 0 atom stereocenters. The lowest BCUT2D eigenvalue weighted by molar-refractivity contribution is -0.137. The number of hydrogen-bond donors (Lipinski definition) is 2. The molecule has 0 unspecified atom stereocenters. The van der Waals surface area contributed by atoms with E-state index in [0.29, 0.717) is 30.9 Å². The molecule has 1 saturated carbocycles. The number of allylic oxidation sites excluding steroid dienone is 3. The molecular formula is C23H26N2O4. The molecule has 0 saturated heterocycles. The average molecular weight is 394 g/mol. The predicted molar refractivity (Wildman–Crippen MR) is 112 cm³/mol. The number of amides is 2. The first-order valence-electron chi connectivity index (χ1n) is 9.76. The van der Waals surface area contributed by atoms with Crippen LogP contribution >= 0.6 is 0 Å². The van der Waals surface area contributed by atoms with Gasteiger partial charge in [-0.3, -0.25) is 9.59 Å². The highest BCUT2D eigenvalue weighted by molar-refractivity contribution is 6.39. The average Bonchev–Trinajstić information content (AvgIpc) is 2.75. The predicted octanol–water partition coefficient (Wildman–Crippen LogP) is 3.40. The van der Waals surface area contributed by atoms with Gasteiger partial charge in [-0.2, -0.15) is 0 Å². The van der Waals surface area contributed by atoms with Crippen molar-refractivity contribution >= 4 is 23.1 Å². The van der Waals surface area contributed by atoms with E-state index < -0.39 is 17.4 Å². The zero-order valence-electron chi connectivity index (χ0n) is 16.8. The number of rotatable bonds is 4. The summed E-state index contributed by atoms with van der Waals surface area (Å²) in [6, 6.07) is 5.25. The highest BCUT2D eigenvalue weighted by Crippen LogP contribution is 2.31. The molecule has 6 nitrogen and oxygen atoms in total. The van der Waals surface area contributed by atoms with Crippen LogP contribution < -0.4 is 15.4 Å². The van der Waals surface area contributed by atoms with Gasteiger partial charge in [0, 0.05) is 22.9 Å². The SMILES string of the molecule is C#CC1(NC(=O)C(=O)Nc2ccc(C3=CC=C(C)OC3)c(OC)c2)CCCCC1. The van der Waals surface area contributed by atoms with Crippen molar-refractivity contribution in [1.29, 1.82) is 0 Å². The second-order valence-corrected chi connectivity index (χ2v) is 7.37. The Hall–Kier alpha value is -3.20. The molecule has 1 heterocycles. The van der Waals surface area contributed by atoms with Gasteiger partial charge in [0.15, 0.2) is 0 Å². The van der Waals surface area contributed by atoms with E-state index in [-0.39, 0.29) is 0 Å². The Morgan fingerprint density at radius 1 is 1.17 bits per heavy atom. The van der Waals surface area contributed by atoms with Gasteiger partial charge in [-0.1, -0.05) is 31.3 Å². The minimum Gasteiger partial charge on any atom is -0.496 e. The van der Waals surface area contributed by atoms with Crippen LogP contribution in [0.3, 0.4) is 0 Å². The minimum absolute atomic E-state index is 0.445. The first-order valence-corrected chi connectivity index (χ1v) is 9.76. The number of nitrogens with one attached hydrogen (secondary N) is 2. The molecule has 2 aliphatic rings. The van der Waals surface area contributed by atoms with Crippen molar-refractivity contribution in [2.24, 2.45) is 0 Å². The summed E-state index contributed by atoms with van der Waals surface area (Å²) in [5, 5.41) is 5.37. The second-order valence-electron chi connectivity index (χ2n) is 7.37. The summed E-state index contributed by atoms with van der Waals surface area (Å²) in [6.07, 6.45) is 13.9.